The molecule has 0 bridgehead atoms. The maximum Gasteiger partial charge on any atom is 0.251 e. The number of benzene rings is 1. The van der Waals surface area contributed by atoms with Crippen molar-refractivity contribution in [1.29, 1.82) is 0 Å². The van der Waals surface area contributed by atoms with Crippen LogP contribution in [0, 0.1) is 0 Å². The molecule has 0 radical (unpaired) electrons. The van der Waals surface area contributed by atoms with Gasteiger partial charge in [-0.15, -0.1) is 0 Å². The second-order valence-electron chi connectivity index (χ2n) is 5.32. The molecule has 0 aliphatic carbocycles. The van der Waals surface area contributed by atoms with Crippen LogP contribution >= 0.6 is 0 Å². The summed E-state index contributed by atoms with van der Waals surface area (Å²) >= 11 is 0. The Balaban J connectivity index is 1.90. The summed E-state index contributed by atoms with van der Waals surface area (Å²) in [7, 11) is 1.55. The van der Waals surface area contributed by atoms with Gasteiger partial charge in [-0.25, -0.2) is 4.39 Å². The molecule has 1 aromatic rings. The number of carbonyl (C=O) groups excluding carboxylic acids is 2. The van der Waals surface area contributed by atoms with E-state index in [-0.39, 0.29) is 38.0 Å². The number of primary amides is 1. The van der Waals surface area contributed by atoms with Crippen LogP contribution in [0.25, 0.3) is 0 Å². The zero-order valence-electron chi connectivity index (χ0n) is 12.4. The molecule has 0 saturated carbocycles. The van der Waals surface area contributed by atoms with Crippen molar-refractivity contribution >= 4 is 11.8 Å². The molecule has 2 atom stereocenters. The number of alkyl halides is 1. The van der Waals surface area contributed by atoms with Gasteiger partial charge >= 0.3 is 0 Å². The number of likely N-dealkylation sites (tertiary alicyclic amines) is 1. The van der Waals surface area contributed by atoms with E-state index in [1.165, 1.54) is 0 Å². The van der Waals surface area contributed by atoms with E-state index < -0.39 is 12.1 Å². The molecule has 1 fully saturated rings. The minimum atomic E-state index is -0.998. The Bertz CT molecular complexity index is 535. The highest BCUT2D eigenvalue weighted by Crippen LogP contribution is 2.19. The number of rotatable bonds is 6. The van der Waals surface area contributed by atoms with Crippen molar-refractivity contribution in [2.45, 2.75) is 18.6 Å². The third-order valence-corrected chi connectivity index (χ3v) is 3.69. The Kier molecular flexibility index (Phi) is 5.32. The second kappa shape index (κ2) is 7.22. The molecule has 7 heteroatoms. The van der Waals surface area contributed by atoms with Gasteiger partial charge in [0.25, 0.3) is 5.91 Å². The molecular formula is C15H20FN3O3. The number of nitrogens with one attached hydrogen (secondary N) is 1. The number of hydrogen-bond donors (Lipinski definition) is 2. The van der Waals surface area contributed by atoms with Crippen LogP contribution in [-0.2, 0) is 4.79 Å². The Hall–Kier alpha value is -2.15. The van der Waals surface area contributed by atoms with Gasteiger partial charge in [0.2, 0.25) is 5.91 Å². The molecule has 1 aliphatic heterocycles. The summed E-state index contributed by atoms with van der Waals surface area (Å²) in [6.45, 7) is 0.452. The molecule has 0 aromatic heterocycles. The number of nitrogens with zero attached hydrogens (tertiary/aromatic N) is 1. The molecule has 1 saturated heterocycles. The van der Waals surface area contributed by atoms with Crippen molar-refractivity contribution in [2.24, 2.45) is 5.73 Å². The van der Waals surface area contributed by atoms with Crippen molar-refractivity contribution in [3.05, 3.63) is 29.8 Å². The summed E-state index contributed by atoms with van der Waals surface area (Å²) in [6, 6.07) is 6.48. The van der Waals surface area contributed by atoms with Gasteiger partial charge in [-0.05, 0) is 30.7 Å². The highest BCUT2D eigenvalue weighted by atomic mass is 19.1. The number of amides is 2. The minimum absolute atomic E-state index is 0.00347. The van der Waals surface area contributed by atoms with E-state index in [0.29, 0.717) is 11.3 Å². The number of halogens is 1. The lowest BCUT2D eigenvalue weighted by Gasteiger charge is -2.22. The Morgan fingerprint density at radius 2 is 2.09 bits per heavy atom. The average Bonchev–Trinajstić information content (AvgIpc) is 2.83. The van der Waals surface area contributed by atoms with Gasteiger partial charge in [0.15, 0.2) is 0 Å². The van der Waals surface area contributed by atoms with Gasteiger partial charge in [-0.3, -0.25) is 14.5 Å². The van der Waals surface area contributed by atoms with Gasteiger partial charge in [0.05, 0.1) is 13.7 Å². The van der Waals surface area contributed by atoms with E-state index in [2.05, 4.69) is 5.32 Å². The molecule has 1 aromatic carbocycles. The first kappa shape index (κ1) is 16.2. The van der Waals surface area contributed by atoms with Crippen LogP contribution in [-0.4, -0.2) is 55.7 Å². The van der Waals surface area contributed by atoms with E-state index in [1.807, 2.05) is 0 Å². The Labute approximate surface area is 128 Å². The summed E-state index contributed by atoms with van der Waals surface area (Å²) in [5.41, 5.74) is 5.65. The number of hydrogen-bond acceptors (Lipinski definition) is 4. The van der Waals surface area contributed by atoms with Crippen molar-refractivity contribution in [3.8, 4) is 5.75 Å². The molecule has 2 rings (SSSR count). The van der Waals surface area contributed by atoms with E-state index >= 15 is 0 Å². The maximum absolute atomic E-state index is 13.5. The second-order valence-corrected chi connectivity index (χ2v) is 5.32. The number of ether oxygens (including phenoxy) is 1. The molecule has 6 nitrogen and oxygen atoms in total. The fraction of sp³-hybridized carbons (Fsp3) is 0.467. The van der Waals surface area contributed by atoms with Crippen LogP contribution in [0.2, 0.25) is 0 Å². The van der Waals surface area contributed by atoms with Crippen LogP contribution in [0.1, 0.15) is 16.8 Å². The van der Waals surface area contributed by atoms with Crippen LogP contribution in [0.3, 0.4) is 0 Å². The van der Waals surface area contributed by atoms with Crippen LogP contribution in [0.4, 0.5) is 4.39 Å². The van der Waals surface area contributed by atoms with Crippen molar-refractivity contribution in [1.82, 2.24) is 10.2 Å². The number of methoxy groups -OCH3 is 1. The van der Waals surface area contributed by atoms with Crippen molar-refractivity contribution in [3.63, 3.8) is 0 Å². The quantitative estimate of drug-likeness (QED) is 0.793. The molecule has 3 N–H and O–H groups in total. The fourth-order valence-corrected chi connectivity index (χ4v) is 2.58. The summed E-state index contributed by atoms with van der Waals surface area (Å²) in [6.07, 6.45) is -0.710. The number of nitrogens with two attached hydrogens (primary N) is 1. The SMILES string of the molecule is COc1ccc(C(=O)NC[C@@H]2C[C@H](F)CN2CC(N)=O)cc1. The maximum atomic E-state index is 13.5. The van der Waals surface area contributed by atoms with Crippen molar-refractivity contribution in [2.75, 3.05) is 26.7 Å². The average molecular weight is 309 g/mol. The zero-order chi connectivity index (χ0) is 16.1. The lowest BCUT2D eigenvalue weighted by atomic mass is 10.1. The van der Waals surface area contributed by atoms with Crippen LogP contribution in [0.5, 0.6) is 5.75 Å². The molecule has 22 heavy (non-hydrogen) atoms. The van der Waals surface area contributed by atoms with Crippen LogP contribution in [0.15, 0.2) is 24.3 Å². The summed E-state index contributed by atoms with van der Waals surface area (Å²) < 4.78 is 18.5. The van der Waals surface area contributed by atoms with Gasteiger partial charge in [-0.1, -0.05) is 0 Å². The Morgan fingerprint density at radius 1 is 1.41 bits per heavy atom. The van der Waals surface area contributed by atoms with Gasteiger partial charge in [0, 0.05) is 24.7 Å². The van der Waals surface area contributed by atoms with E-state index in [4.69, 9.17) is 10.5 Å². The van der Waals surface area contributed by atoms with E-state index in [0.717, 1.165) is 0 Å². The first-order chi connectivity index (χ1) is 10.5. The molecule has 120 valence electrons. The summed E-state index contributed by atoms with van der Waals surface area (Å²) in [5.74, 6) is -0.0789. The fourth-order valence-electron chi connectivity index (χ4n) is 2.58. The minimum Gasteiger partial charge on any atom is -0.497 e. The van der Waals surface area contributed by atoms with Gasteiger partial charge in [0.1, 0.15) is 11.9 Å². The summed E-state index contributed by atoms with van der Waals surface area (Å²) in [5, 5.41) is 2.76. The van der Waals surface area contributed by atoms with Gasteiger partial charge in [-0.2, -0.15) is 0 Å². The number of carbonyl (C=O) groups is 2. The highest BCUT2D eigenvalue weighted by molar-refractivity contribution is 5.94. The zero-order valence-corrected chi connectivity index (χ0v) is 12.4. The first-order valence-corrected chi connectivity index (χ1v) is 7.08. The smallest absolute Gasteiger partial charge is 0.251 e. The lowest BCUT2D eigenvalue weighted by molar-refractivity contribution is -0.119. The summed E-state index contributed by atoms with van der Waals surface area (Å²) in [4.78, 5) is 24.7. The molecule has 2 amide bonds. The molecular weight excluding hydrogens is 289 g/mol. The predicted molar refractivity (Wildman–Crippen MR) is 79.4 cm³/mol. The van der Waals surface area contributed by atoms with E-state index in [9.17, 15) is 14.0 Å². The lowest BCUT2D eigenvalue weighted by Crippen LogP contribution is -2.43. The molecule has 0 spiro atoms. The van der Waals surface area contributed by atoms with Crippen molar-refractivity contribution < 1.29 is 18.7 Å². The third kappa shape index (κ3) is 4.17. The normalized spacial score (nSPS) is 21.5. The molecule has 1 aliphatic rings. The first-order valence-electron chi connectivity index (χ1n) is 7.08. The third-order valence-electron chi connectivity index (χ3n) is 3.69. The van der Waals surface area contributed by atoms with E-state index in [1.54, 1.807) is 36.3 Å². The monoisotopic (exact) mass is 309 g/mol. The standard InChI is InChI=1S/C15H20FN3O3/c1-22-13-4-2-10(3-5-13)15(21)18-7-12-6-11(16)8-19(12)9-14(17)20/h2-5,11-12H,6-9H2,1H3,(H2,17,20)(H,18,21)/t11-,12-/m0/s1. The van der Waals surface area contributed by atoms with Crippen LogP contribution < -0.4 is 15.8 Å². The molecule has 0 unspecified atom stereocenters. The molecule has 1 heterocycles. The highest BCUT2D eigenvalue weighted by Gasteiger charge is 2.32. The topological polar surface area (TPSA) is 84.7 Å². The van der Waals surface area contributed by atoms with Gasteiger partial charge < -0.3 is 15.8 Å². The largest absolute Gasteiger partial charge is 0.497 e. The predicted octanol–water partition coefficient (Wildman–Crippen LogP) is 0.323. The Morgan fingerprint density at radius 3 is 2.68 bits per heavy atom.